The first-order chi connectivity index (χ1) is 13.3. The molecule has 1 aromatic heterocycles. The topological polar surface area (TPSA) is 45.7 Å². The summed E-state index contributed by atoms with van der Waals surface area (Å²) in [7, 11) is 0. The molecule has 0 bridgehead atoms. The molecule has 0 aromatic carbocycles. The average molecular weight is 390 g/mol. The van der Waals surface area contributed by atoms with E-state index < -0.39 is 5.60 Å². The molecule has 0 saturated carbocycles. The molecule has 0 radical (unpaired) electrons. The third-order valence-corrected chi connectivity index (χ3v) is 5.44. The highest BCUT2D eigenvalue weighted by atomic mass is 16.6. The van der Waals surface area contributed by atoms with E-state index in [1.54, 1.807) is 11.1 Å². The van der Waals surface area contributed by atoms with Crippen molar-refractivity contribution in [3.8, 4) is 0 Å². The predicted molar refractivity (Wildman–Crippen MR) is 116 cm³/mol. The van der Waals surface area contributed by atoms with E-state index in [0.29, 0.717) is 6.04 Å². The maximum atomic E-state index is 13.1. The second-order valence-electron chi connectivity index (χ2n) is 8.92. The minimum absolute atomic E-state index is 0.0242. The third kappa shape index (κ3) is 5.94. The highest BCUT2D eigenvalue weighted by Gasteiger charge is 2.33. The maximum absolute atomic E-state index is 13.1. The van der Waals surface area contributed by atoms with Crippen molar-refractivity contribution in [2.24, 2.45) is 0 Å². The number of amides is 1. The minimum Gasteiger partial charge on any atom is -0.443 e. The first kappa shape index (κ1) is 22.7. The van der Waals surface area contributed by atoms with Crippen LogP contribution in [0.15, 0.2) is 18.3 Å². The van der Waals surface area contributed by atoms with Crippen LogP contribution in [0.1, 0.15) is 91.7 Å². The molecule has 1 aromatic rings. The van der Waals surface area contributed by atoms with Gasteiger partial charge in [-0.05, 0) is 72.5 Å². The Kier molecular flexibility index (Phi) is 8.29. The van der Waals surface area contributed by atoms with Gasteiger partial charge in [0.05, 0.1) is 0 Å². The van der Waals surface area contributed by atoms with Gasteiger partial charge in [0, 0.05) is 23.8 Å². The van der Waals surface area contributed by atoms with Crippen LogP contribution in [0.2, 0.25) is 0 Å². The van der Waals surface area contributed by atoms with E-state index in [1.165, 1.54) is 25.7 Å². The van der Waals surface area contributed by atoms with Crippen LogP contribution >= 0.6 is 0 Å². The monoisotopic (exact) mass is 389 g/mol. The molecule has 2 atom stereocenters. The molecule has 0 spiro atoms. The molecule has 1 aliphatic heterocycles. The van der Waals surface area contributed by atoms with Crippen molar-refractivity contribution in [3.05, 3.63) is 23.9 Å². The fraction of sp³-hybridized carbons (Fsp3) is 0.739. The van der Waals surface area contributed by atoms with Crippen LogP contribution in [0.3, 0.4) is 0 Å². The van der Waals surface area contributed by atoms with Gasteiger partial charge in [0.1, 0.15) is 11.4 Å². The second kappa shape index (κ2) is 10.2. The Hall–Kier alpha value is -1.62. The number of hydrogen-bond acceptors (Lipinski definition) is 4. The number of ether oxygens (including phenoxy) is 1. The quantitative estimate of drug-likeness (QED) is 0.578. The summed E-state index contributed by atoms with van der Waals surface area (Å²) in [5.74, 6) is 0.763. The zero-order valence-corrected chi connectivity index (χ0v) is 18.7. The SMILES string of the molecule is CCCCN1CCCC[C@H]1c1cccnc1N(C(=O)OC(C)(C)C)[C@H](C)CC. The lowest BCUT2D eigenvalue weighted by Crippen LogP contribution is -2.44. The summed E-state index contributed by atoms with van der Waals surface area (Å²) in [5.41, 5.74) is 0.625. The summed E-state index contributed by atoms with van der Waals surface area (Å²) in [6.07, 6.45) is 8.31. The van der Waals surface area contributed by atoms with E-state index in [9.17, 15) is 4.79 Å². The zero-order valence-electron chi connectivity index (χ0n) is 18.7. The number of hydrogen-bond donors (Lipinski definition) is 0. The molecule has 0 unspecified atom stereocenters. The second-order valence-corrected chi connectivity index (χ2v) is 8.92. The number of nitrogens with zero attached hydrogens (tertiary/aromatic N) is 3. The van der Waals surface area contributed by atoms with Gasteiger partial charge < -0.3 is 4.74 Å². The van der Waals surface area contributed by atoms with Crippen molar-refractivity contribution in [2.75, 3.05) is 18.0 Å². The van der Waals surface area contributed by atoms with Crippen molar-refractivity contribution >= 4 is 11.9 Å². The van der Waals surface area contributed by atoms with E-state index in [0.717, 1.165) is 37.3 Å². The van der Waals surface area contributed by atoms with Gasteiger partial charge >= 0.3 is 6.09 Å². The summed E-state index contributed by atoms with van der Waals surface area (Å²) in [6, 6.07) is 4.49. The van der Waals surface area contributed by atoms with Gasteiger partial charge in [0.2, 0.25) is 0 Å². The Morgan fingerprint density at radius 2 is 2.11 bits per heavy atom. The van der Waals surface area contributed by atoms with Crippen molar-refractivity contribution in [2.45, 2.75) is 97.8 Å². The van der Waals surface area contributed by atoms with E-state index in [1.807, 2.05) is 26.8 Å². The van der Waals surface area contributed by atoms with Gasteiger partial charge in [-0.3, -0.25) is 9.80 Å². The Morgan fingerprint density at radius 3 is 2.75 bits per heavy atom. The molecular formula is C23H39N3O2. The van der Waals surface area contributed by atoms with Crippen LogP contribution in [-0.2, 0) is 4.74 Å². The number of piperidine rings is 1. The van der Waals surface area contributed by atoms with Crippen LogP contribution in [0.4, 0.5) is 10.6 Å². The molecule has 1 aliphatic rings. The normalized spacial score (nSPS) is 19.3. The highest BCUT2D eigenvalue weighted by Crippen LogP contribution is 2.36. The molecule has 1 saturated heterocycles. The van der Waals surface area contributed by atoms with Crippen LogP contribution < -0.4 is 4.90 Å². The predicted octanol–water partition coefficient (Wildman–Crippen LogP) is 5.95. The van der Waals surface area contributed by atoms with Gasteiger partial charge in [-0.1, -0.05) is 32.8 Å². The largest absolute Gasteiger partial charge is 0.443 e. The number of aromatic nitrogens is 1. The number of rotatable bonds is 7. The summed E-state index contributed by atoms with van der Waals surface area (Å²) in [5, 5.41) is 0. The van der Waals surface area contributed by atoms with Crippen molar-refractivity contribution in [1.82, 2.24) is 9.88 Å². The van der Waals surface area contributed by atoms with Gasteiger partial charge in [-0.15, -0.1) is 0 Å². The number of likely N-dealkylation sites (tertiary alicyclic amines) is 1. The average Bonchev–Trinajstić information content (AvgIpc) is 2.65. The lowest BCUT2D eigenvalue weighted by molar-refractivity contribution is 0.0564. The fourth-order valence-electron chi connectivity index (χ4n) is 3.81. The number of anilines is 1. The van der Waals surface area contributed by atoms with E-state index in [2.05, 4.69) is 36.7 Å². The van der Waals surface area contributed by atoms with Crippen LogP contribution in [0, 0.1) is 0 Å². The highest BCUT2D eigenvalue weighted by molar-refractivity contribution is 5.88. The van der Waals surface area contributed by atoms with Gasteiger partial charge in [0.15, 0.2) is 0 Å². The van der Waals surface area contributed by atoms with Crippen molar-refractivity contribution < 1.29 is 9.53 Å². The summed E-state index contributed by atoms with van der Waals surface area (Å²) in [4.78, 5) is 22.1. The smallest absolute Gasteiger partial charge is 0.416 e. The first-order valence-corrected chi connectivity index (χ1v) is 11.0. The Morgan fingerprint density at radius 1 is 1.36 bits per heavy atom. The molecule has 2 heterocycles. The van der Waals surface area contributed by atoms with E-state index in [4.69, 9.17) is 4.74 Å². The summed E-state index contributed by atoms with van der Waals surface area (Å²) < 4.78 is 5.74. The van der Waals surface area contributed by atoms with E-state index >= 15 is 0 Å². The van der Waals surface area contributed by atoms with E-state index in [-0.39, 0.29) is 12.1 Å². The Balaban J connectivity index is 2.41. The fourth-order valence-corrected chi connectivity index (χ4v) is 3.81. The van der Waals surface area contributed by atoms with Crippen LogP contribution in [0.5, 0.6) is 0 Å². The zero-order chi connectivity index (χ0) is 20.7. The number of unbranched alkanes of at least 4 members (excludes halogenated alkanes) is 1. The van der Waals surface area contributed by atoms with Gasteiger partial charge in [0.25, 0.3) is 0 Å². The lowest BCUT2D eigenvalue weighted by atomic mass is 9.94. The number of carbonyl (C=O) groups excluding carboxylic acids is 1. The lowest BCUT2D eigenvalue weighted by Gasteiger charge is -2.38. The number of carbonyl (C=O) groups is 1. The molecule has 28 heavy (non-hydrogen) atoms. The standard InChI is InChI=1S/C23H39N3O2/c1-7-9-16-25-17-11-10-14-20(25)19-13-12-15-24-21(19)26(18(3)8-2)22(27)28-23(4,5)6/h12-13,15,18,20H,7-11,14,16-17H2,1-6H3/t18-,20+/m1/s1. The summed E-state index contributed by atoms with van der Waals surface area (Å²) >= 11 is 0. The molecule has 2 rings (SSSR count). The molecule has 0 N–H and O–H groups in total. The Bertz CT molecular complexity index is 627. The molecular weight excluding hydrogens is 350 g/mol. The van der Waals surface area contributed by atoms with Crippen LogP contribution in [0.25, 0.3) is 0 Å². The van der Waals surface area contributed by atoms with Crippen molar-refractivity contribution in [3.63, 3.8) is 0 Å². The molecule has 1 fully saturated rings. The minimum atomic E-state index is -0.532. The number of pyridine rings is 1. The van der Waals surface area contributed by atoms with Gasteiger partial charge in [-0.25, -0.2) is 9.78 Å². The molecule has 0 aliphatic carbocycles. The van der Waals surface area contributed by atoms with Crippen molar-refractivity contribution in [1.29, 1.82) is 0 Å². The summed E-state index contributed by atoms with van der Waals surface area (Å²) in [6.45, 7) is 14.4. The molecule has 1 amide bonds. The maximum Gasteiger partial charge on any atom is 0.416 e. The van der Waals surface area contributed by atoms with Crippen LogP contribution in [-0.4, -0.2) is 40.7 Å². The third-order valence-electron chi connectivity index (χ3n) is 5.44. The molecule has 5 heteroatoms. The first-order valence-electron chi connectivity index (χ1n) is 11.0. The van der Waals surface area contributed by atoms with Gasteiger partial charge in [-0.2, -0.15) is 0 Å². The molecule has 5 nitrogen and oxygen atoms in total. The Labute approximate surface area is 171 Å². The molecule has 158 valence electrons.